The Morgan fingerprint density at radius 2 is 2.13 bits per heavy atom. The maximum absolute atomic E-state index is 12.3. The molecule has 0 bridgehead atoms. The number of amides is 2. The number of nitrogens with zero attached hydrogens (tertiary/aromatic N) is 1. The standard InChI is InChI=1S/C16H16Cl2N2O2S/c17-12-6-11(7-13(18)8-12)15-10-20(3-4-22-15)16(21)19-9-14-2-1-5-23-14/h1-2,5-8,15H,3-4,9-10H2,(H,19,21). The largest absolute Gasteiger partial charge is 0.370 e. The normalized spacial score (nSPS) is 18.0. The second-order valence-corrected chi connectivity index (χ2v) is 7.15. The van der Waals surface area contributed by atoms with Gasteiger partial charge in [0.15, 0.2) is 0 Å². The summed E-state index contributed by atoms with van der Waals surface area (Å²) in [5, 5.41) is 6.06. The predicted octanol–water partition coefficient (Wildman–Crippen LogP) is 4.34. The first-order valence-electron chi connectivity index (χ1n) is 7.24. The van der Waals surface area contributed by atoms with Gasteiger partial charge < -0.3 is 15.0 Å². The van der Waals surface area contributed by atoms with Crippen molar-refractivity contribution in [1.29, 1.82) is 0 Å². The van der Waals surface area contributed by atoms with Gasteiger partial charge in [-0.05, 0) is 35.2 Å². The Hall–Kier alpha value is -1.27. The lowest BCUT2D eigenvalue weighted by molar-refractivity contribution is -0.0154. The smallest absolute Gasteiger partial charge is 0.317 e. The number of nitrogens with one attached hydrogen (secondary N) is 1. The number of halogens is 2. The zero-order chi connectivity index (χ0) is 16.2. The summed E-state index contributed by atoms with van der Waals surface area (Å²) >= 11 is 13.7. The average Bonchev–Trinajstić information content (AvgIpc) is 3.05. The number of urea groups is 1. The van der Waals surface area contributed by atoms with Gasteiger partial charge in [0, 0.05) is 21.5 Å². The molecule has 1 aliphatic heterocycles. The molecular formula is C16H16Cl2N2O2S. The van der Waals surface area contributed by atoms with Crippen molar-refractivity contribution in [3.05, 3.63) is 56.2 Å². The first kappa shape index (κ1) is 16.6. The molecule has 1 fully saturated rings. The van der Waals surface area contributed by atoms with Crippen LogP contribution in [0, 0.1) is 0 Å². The van der Waals surface area contributed by atoms with E-state index in [0.29, 0.717) is 36.3 Å². The molecule has 0 radical (unpaired) electrons. The fourth-order valence-electron chi connectivity index (χ4n) is 2.48. The molecule has 1 N–H and O–H groups in total. The van der Waals surface area contributed by atoms with Gasteiger partial charge >= 0.3 is 6.03 Å². The molecule has 2 heterocycles. The summed E-state index contributed by atoms with van der Waals surface area (Å²) in [7, 11) is 0. The summed E-state index contributed by atoms with van der Waals surface area (Å²) in [6.07, 6.45) is -0.215. The number of hydrogen-bond donors (Lipinski definition) is 1. The maximum atomic E-state index is 12.3. The summed E-state index contributed by atoms with van der Waals surface area (Å²) in [5.41, 5.74) is 0.887. The molecule has 1 saturated heterocycles. The lowest BCUT2D eigenvalue weighted by Gasteiger charge is -2.33. The summed E-state index contributed by atoms with van der Waals surface area (Å²) in [6, 6.07) is 9.22. The highest BCUT2D eigenvalue weighted by molar-refractivity contribution is 7.09. The fraction of sp³-hybridized carbons (Fsp3) is 0.312. The Kier molecular flexibility index (Phi) is 5.43. The summed E-state index contributed by atoms with van der Waals surface area (Å²) in [6.45, 7) is 2.08. The first-order chi connectivity index (χ1) is 11.1. The molecule has 3 rings (SSSR count). The van der Waals surface area contributed by atoms with Crippen LogP contribution < -0.4 is 5.32 Å². The van der Waals surface area contributed by atoms with Crippen molar-refractivity contribution >= 4 is 40.6 Å². The van der Waals surface area contributed by atoms with Crippen molar-refractivity contribution < 1.29 is 9.53 Å². The minimum atomic E-state index is -0.215. The van der Waals surface area contributed by atoms with Crippen LogP contribution in [0.1, 0.15) is 16.5 Å². The van der Waals surface area contributed by atoms with E-state index in [2.05, 4.69) is 5.32 Å². The van der Waals surface area contributed by atoms with E-state index in [0.717, 1.165) is 10.4 Å². The molecule has 122 valence electrons. The highest BCUT2D eigenvalue weighted by Gasteiger charge is 2.25. The van der Waals surface area contributed by atoms with Crippen LogP contribution in [0.3, 0.4) is 0 Å². The van der Waals surface area contributed by atoms with Gasteiger partial charge in [-0.15, -0.1) is 11.3 Å². The van der Waals surface area contributed by atoms with Gasteiger partial charge in [-0.3, -0.25) is 0 Å². The minimum absolute atomic E-state index is 0.0835. The Bertz CT molecular complexity index is 658. The lowest BCUT2D eigenvalue weighted by Crippen LogP contribution is -2.46. The number of hydrogen-bond acceptors (Lipinski definition) is 3. The SMILES string of the molecule is O=C(NCc1cccs1)N1CCOC(c2cc(Cl)cc(Cl)c2)C1. The fourth-order valence-corrected chi connectivity index (χ4v) is 3.67. The summed E-state index contributed by atoms with van der Waals surface area (Å²) in [4.78, 5) is 15.2. The molecule has 23 heavy (non-hydrogen) atoms. The lowest BCUT2D eigenvalue weighted by atomic mass is 10.1. The van der Waals surface area contributed by atoms with Gasteiger partial charge in [0.1, 0.15) is 6.10 Å². The molecule has 7 heteroatoms. The quantitative estimate of drug-likeness (QED) is 0.872. The van der Waals surface area contributed by atoms with Crippen molar-refractivity contribution in [2.45, 2.75) is 12.6 Å². The average molecular weight is 371 g/mol. The maximum Gasteiger partial charge on any atom is 0.317 e. The first-order valence-corrected chi connectivity index (χ1v) is 8.88. The van der Waals surface area contributed by atoms with Crippen LogP contribution >= 0.6 is 34.5 Å². The number of benzene rings is 1. The third-order valence-electron chi connectivity index (χ3n) is 3.60. The van der Waals surface area contributed by atoms with Crippen LogP contribution in [0.25, 0.3) is 0 Å². The van der Waals surface area contributed by atoms with Crippen LogP contribution in [0.4, 0.5) is 4.79 Å². The van der Waals surface area contributed by atoms with Crippen LogP contribution in [0.5, 0.6) is 0 Å². The molecule has 2 amide bonds. The molecule has 0 saturated carbocycles. The van der Waals surface area contributed by atoms with Crippen LogP contribution in [-0.2, 0) is 11.3 Å². The monoisotopic (exact) mass is 370 g/mol. The second-order valence-electron chi connectivity index (χ2n) is 5.25. The van der Waals surface area contributed by atoms with E-state index < -0.39 is 0 Å². The van der Waals surface area contributed by atoms with Gasteiger partial charge in [0.25, 0.3) is 0 Å². The molecule has 0 spiro atoms. The highest BCUT2D eigenvalue weighted by Crippen LogP contribution is 2.28. The molecule has 1 atom stereocenters. The third kappa shape index (κ3) is 4.38. The number of rotatable bonds is 3. The van der Waals surface area contributed by atoms with Gasteiger partial charge in [-0.25, -0.2) is 4.79 Å². The minimum Gasteiger partial charge on any atom is -0.370 e. The zero-order valence-corrected chi connectivity index (χ0v) is 14.6. The second kappa shape index (κ2) is 7.53. The van der Waals surface area contributed by atoms with Gasteiger partial charge in [0.05, 0.1) is 19.7 Å². The topological polar surface area (TPSA) is 41.6 Å². The van der Waals surface area contributed by atoms with Gasteiger partial charge in [-0.2, -0.15) is 0 Å². The van der Waals surface area contributed by atoms with E-state index in [9.17, 15) is 4.79 Å². The number of thiophene rings is 1. The molecule has 4 nitrogen and oxygen atoms in total. The van der Waals surface area contributed by atoms with Gasteiger partial charge in [0.2, 0.25) is 0 Å². The molecular weight excluding hydrogens is 355 g/mol. The van der Waals surface area contributed by atoms with Crippen LogP contribution in [-0.4, -0.2) is 30.6 Å². The number of carbonyl (C=O) groups excluding carboxylic acids is 1. The van der Waals surface area contributed by atoms with E-state index >= 15 is 0 Å². The van der Waals surface area contributed by atoms with Crippen molar-refractivity contribution in [1.82, 2.24) is 10.2 Å². The Labute approximate surface area is 149 Å². The van der Waals surface area contributed by atoms with Crippen molar-refractivity contribution in [3.63, 3.8) is 0 Å². The van der Waals surface area contributed by atoms with E-state index in [4.69, 9.17) is 27.9 Å². The van der Waals surface area contributed by atoms with Crippen molar-refractivity contribution in [3.8, 4) is 0 Å². The molecule has 0 aliphatic carbocycles. The van der Waals surface area contributed by atoms with Crippen molar-refractivity contribution in [2.24, 2.45) is 0 Å². The molecule has 1 aromatic heterocycles. The number of ether oxygens (including phenoxy) is 1. The number of carbonyl (C=O) groups is 1. The molecule has 2 aromatic rings. The number of morpholine rings is 1. The van der Waals surface area contributed by atoms with Crippen LogP contribution in [0.2, 0.25) is 10.0 Å². The van der Waals surface area contributed by atoms with E-state index in [1.807, 2.05) is 29.6 Å². The highest BCUT2D eigenvalue weighted by atomic mass is 35.5. The van der Waals surface area contributed by atoms with E-state index in [1.165, 1.54) is 0 Å². The summed E-state index contributed by atoms with van der Waals surface area (Å²) < 4.78 is 5.77. The summed E-state index contributed by atoms with van der Waals surface area (Å²) in [5.74, 6) is 0. The molecule has 1 aromatic carbocycles. The Balaban J connectivity index is 1.62. The zero-order valence-electron chi connectivity index (χ0n) is 12.3. The van der Waals surface area contributed by atoms with E-state index in [-0.39, 0.29) is 12.1 Å². The predicted molar refractivity (Wildman–Crippen MR) is 93.3 cm³/mol. The van der Waals surface area contributed by atoms with Crippen LogP contribution in [0.15, 0.2) is 35.7 Å². The molecule has 1 aliphatic rings. The van der Waals surface area contributed by atoms with Gasteiger partial charge in [-0.1, -0.05) is 29.3 Å². The molecule has 1 unspecified atom stereocenters. The van der Waals surface area contributed by atoms with E-state index in [1.54, 1.807) is 22.3 Å². The Morgan fingerprint density at radius 3 is 2.83 bits per heavy atom. The third-order valence-corrected chi connectivity index (χ3v) is 4.92. The Morgan fingerprint density at radius 1 is 1.35 bits per heavy atom. The van der Waals surface area contributed by atoms with Crippen molar-refractivity contribution in [2.75, 3.05) is 19.7 Å².